The van der Waals surface area contributed by atoms with Crippen molar-refractivity contribution in [2.45, 2.75) is 51.9 Å². The number of ether oxygens (including phenoxy) is 1. The zero-order valence-corrected chi connectivity index (χ0v) is 15.2. The first-order chi connectivity index (χ1) is 11.2. The van der Waals surface area contributed by atoms with Crippen molar-refractivity contribution >= 4 is 17.4 Å². The molecule has 0 unspecified atom stereocenters. The number of amidine groups is 1. The van der Waals surface area contributed by atoms with Crippen LogP contribution in [0.2, 0.25) is 5.02 Å². The van der Waals surface area contributed by atoms with Crippen LogP contribution in [0, 0.1) is 0 Å². The van der Waals surface area contributed by atoms with Gasteiger partial charge in [0.25, 0.3) is 0 Å². The third-order valence-electron chi connectivity index (χ3n) is 4.26. The minimum absolute atomic E-state index is 0.717. The summed E-state index contributed by atoms with van der Waals surface area (Å²) in [5, 5.41) is 0.717. The van der Waals surface area contributed by atoms with Gasteiger partial charge in [0.05, 0.1) is 18.2 Å². The molecule has 23 heavy (non-hydrogen) atoms. The van der Waals surface area contributed by atoms with Crippen molar-refractivity contribution in [3.63, 3.8) is 0 Å². The number of rotatable bonds is 10. The normalized spacial score (nSPS) is 14.2. The summed E-state index contributed by atoms with van der Waals surface area (Å²) in [7, 11) is 2.05. The molecule has 2 rings (SSSR count). The molecule has 3 nitrogen and oxygen atoms in total. The number of nitrogens with zero attached hydrogens (tertiary/aromatic N) is 2. The van der Waals surface area contributed by atoms with E-state index < -0.39 is 0 Å². The molecule has 0 amide bonds. The smallest absolute Gasteiger partial charge is 0.132 e. The lowest BCUT2D eigenvalue weighted by Gasteiger charge is -2.15. The summed E-state index contributed by atoms with van der Waals surface area (Å²) in [6.45, 7) is 4.83. The van der Waals surface area contributed by atoms with E-state index in [2.05, 4.69) is 16.8 Å². The number of benzene rings is 1. The number of hydrogen-bond donors (Lipinski definition) is 0. The zero-order valence-electron chi connectivity index (χ0n) is 14.5. The zero-order chi connectivity index (χ0) is 16.5. The molecule has 4 heteroatoms. The number of likely N-dealkylation sites (N-methyl/N-ethyl adjacent to an activating group) is 1. The van der Waals surface area contributed by atoms with Gasteiger partial charge in [-0.3, -0.25) is 4.99 Å². The van der Waals surface area contributed by atoms with Crippen LogP contribution in [0.4, 0.5) is 0 Å². The van der Waals surface area contributed by atoms with Gasteiger partial charge in [-0.1, -0.05) is 57.0 Å². The van der Waals surface area contributed by atoms with E-state index in [4.69, 9.17) is 16.3 Å². The first-order valence-electron chi connectivity index (χ1n) is 8.90. The SMILES string of the molecule is CCCCCCCCCOc1ccc(C2=NCCN2C)c(Cl)c1. The van der Waals surface area contributed by atoms with E-state index in [1.165, 1.54) is 38.5 Å². The van der Waals surface area contributed by atoms with Gasteiger partial charge < -0.3 is 9.64 Å². The lowest BCUT2D eigenvalue weighted by molar-refractivity contribution is 0.304. The molecule has 0 aliphatic carbocycles. The van der Waals surface area contributed by atoms with Crippen molar-refractivity contribution < 1.29 is 4.74 Å². The van der Waals surface area contributed by atoms with Gasteiger partial charge in [0, 0.05) is 19.2 Å². The topological polar surface area (TPSA) is 24.8 Å². The molecule has 0 aromatic heterocycles. The van der Waals surface area contributed by atoms with Crippen LogP contribution in [0.5, 0.6) is 5.75 Å². The second-order valence-corrected chi connectivity index (χ2v) is 6.65. The molecule has 1 aliphatic rings. The van der Waals surface area contributed by atoms with Gasteiger partial charge in [-0.15, -0.1) is 0 Å². The third-order valence-corrected chi connectivity index (χ3v) is 4.57. The Labute approximate surface area is 145 Å². The van der Waals surface area contributed by atoms with Crippen LogP contribution in [-0.2, 0) is 0 Å². The van der Waals surface area contributed by atoms with E-state index in [-0.39, 0.29) is 0 Å². The summed E-state index contributed by atoms with van der Waals surface area (Å²) in [6, 6.07) is 5.92. The van der Waals surface area contributed by atoms with E-state index in [1.54, 1.807) is 0 Å². The quantitative estimate of drug-likeness (QED) is 0.551. The fourth-order valence-electron chi connectivity index (χ4n) is 2.84. The first kappa shape index (κ1) is 18.1. The lowest BCUT2D eigenvalue weighted by Crippen LogP contribution is -2.23. The van der Waals surface area contributed by atoms with Gasteiger partial charge in [0.15, 0.2) is 0 Å². The molecule has 0 fully saturated rings. The molecule has 0 bridgehead atoms. The van der Waals surface area contributed by atoms with Crippen molar-refractivity contribution in [3.8, 4) is 5.75 Å². The van der Waals surface area contributed by atoms with Crippen molar-refractivity contribution in [2.75, 3.05) is 26.7 Å². The van der Waals surface area contributed by atoms with Crippen molar-refractivity contribution in [2.24, 2.45) is 4.99 Å². The van der Waals surface area contributed by atoms with Gasteiger partial charge in [-0.25, -0.2) is 0 Å². The Hall–Kier alpha value is -1.22. The van der Waals surface area contributed by atoms with Crippen LogP contribution < -0.4 is 4.74 Å². The van der Waals surface area contributed by atoms with E-state index in [0.717, 1.165) is 48.3 Å². The third kappa shape index (κ3) is 5.72. The molecular formula is C19H29ClN2O. The number of hydrogen-bond acceptors (Lipinski definition) is 3. The lowest BCUT2D eigenvalue weighted by atomic mass is 10.1. The minimum Gasteiger partial charge on any atom is -0.494 e. The Bertz CT molecular complexity index is 516. The molecule has 128 valence electrons. The van der Waals surface area contributed by atoms with Crippen LogP contribution in [0.1, 0.15) is 57.4 Å². The first-order valence-corrected chi connectivity index (χ1v) is 9.28. The van der Waals surface area contributed by atoms with E-state index in [9.17, 15) is 0 Å². The van der Waals surface area contributed by atoms with E-state index in [0.29, 0.717) is 0 Å². The summed E-state index contributed by atoms with van der Waals surface area (Å²) >= 11 is 6.40. The number of halogens is 1. The molecule has 0 radical (unpaired) electrons. The summed E-state index contributed by atoms with van der Waals surface area (Å²) in [4.78, 5) is 6.65. The monoisotopic (exact) mass is 336 g/mol. The maximum atomic E-state index is 6.40. The molecule has 1 heterocycles. The van der Waals surface area contributed by atoms with Crippen LogP contribution in [-0.4, -0.2) is 37.5 Å². The maximum Gasteiger partial charge on any atom is 0.132 e. The summed E-state index contributed by atoms with van der Waals surface area (Å²) < 4.78 is 5.82. The standard InChI is InChI=1S/C19H29ClN2O/c1-3-4-5-6-7-8-9-14-23-16-10-11-17(18(20)15-16)19-21-12-13-22(19)2/h10-11,15H,3-9,12-14H2,1-2H3. The largest absolute Gasteiger partial charge is 0.494 e. The predicted octanol–water partition coefficient (Wildman–Crippen LogP) is 5.16. The fraction of sp³-hybridized carbons (Fsp3) is 0.632. The molecule has 0 N–H and O–H groups in total. The average Bonchev–Trinajstić information content (AvgIpc) is 2.96. The Morgan fingerprint density at radius 2 is 1.87 bits per heavy atom. The molecule has 0 atom stereocenters. The average molecular weight is 337 g/mol. The molecule has 0 spiro atoms. The fourth-order valence-corrected chi connectivity index (χ4v) is 3.09. The number of unbranched alkanes of at least 4 members (excludes halogenated alkanes) is 6. The highest BCUT2D eigenvalue weighted by Gasteiger charge is 2.17. The van der Waals surface area contributed by atoms with E-state index in [1.807, 2.05) is 25.2 Å². The maximum absolute atomic E-state index is 6.40. The molecular weight excluding hydrogens is 308 g/mol. The molecule has 1 aliphatic heterocycles. The molecule has 1 aromatic rings. The Balaban J connectivity index is 1.71. The van der Waals surface area contributed by atoms with Gasteiger partial charge in [0.1, 0.15) is 11.6 Å². The summed E-state index contributed by atoms with van der Waals surface area (Å²) in [5.41, 5.74) is 0.995. The van der Waals surface area contributed by atoms with Crippen LogP contribution in [0.3, 0.4) is 0 Å². The Morgan fingerprint density at radius 1 is 1.13 bits per heavy atom. The van der Waals surface area contributed by atoms with Crippen molar-refractivity contribution in [3.05, 3.63) is 28.8 Å². The van der Waals surface area contributed by atoms with Crippen molar-refractivity contribution in [1.82, 2.24) is 4.90 Å². The Morgan fingerprint density at radius 3 is 2.52 bits per heavy atom. The highest BCUT2D eigenvalue weighted by Crippen LogP contribution is 2.25. The van der Waals surface area contributed by atoms with E-state index >= 15 is 0 Å². The second kappa shape index (κ2) is 9.82. The van der Waals surface area contributed by atoms with Gasteiger partial charge >= 0.3 is 0 Å². The second-order valence-electron chi connectivity index (χ2n) is 6.24. The highest BCUT2D eigenvalue weighted by molar-refractivity contribution is 6.34. The van der Waals surface area contributed by atoms with Gasteiger partial charge in [-0.05, 0) is 24.6 Å². The molecule has 0 saturated heterocycles. The van der Waals surface area contributed by atoms with Gasteiger partial charge in [-0.2, -0.15) is 0 Å². The van der Waals surface area contributed by atoms with Gasteiger partial charge in [0.2, 0.25) is 0 Å². The van der Waals surface area contributed by atoms with Crippen molar-refractivity contribution in [1.29, 1.82) is 0 Å². The highest BCUT2D eigenvalue weighted by atomic mass is 35.5. The Kier molecular flexibility index (Phi) is 7.73. The predicted molar refractivity (Wildman–Crippen MR) is 99.0 cm³/mol. The summed E-state index contributed by atoms with van der Waals surface area (Å²) in [6.07, 6.45) is 9.06. The molecule has 1 aromatic carbocycles. The molecule has 0 saturated carbocycles. The summed E-state index contributed by atoms with van der Waals surface area (Å²) in [5.74, 6) is 1.83. The van der Waals surface area contributed by atoms with Crippen LogP contribution in [0.15, 0.2) is 23.2 Å². The van der Waals surface area contributed by atoms with Crippen LogP contribution >= 0.6 is 11.6 Å². The number of aliphatic imine (C=N–C) groups is 1. The van der Waals surface area contributed by atoms with Crippen LogP contribution in [0.25, 0.3) is 0 Å². The minimum atomic E-state index is 0.717.